The Morgan fingerprint density at radius 3 is 1.80 bits per heavy atom. The number of imidazole rings is 2. The molecule has 3 saturated heterocycles. The summed E-state index contributed by atoms with van der Waals surface area (Å²) >= 11 is 0. The number of nitrogens with zero attached hydrogens (tertiary/aromatic N) is 6. The third kappa shape index (κ3) is 5.33. The van der Waals surface area contributed by atoms with Crippen LogP contribution in [0.1, 0.15) is 12.5 Å². The summed E-state index contributed by atoms with van der Waals surface area (Å²) in [4.78, 5) is 69.1. The number of fused-ring (bicyclic) bond motifs is 4. The van der Waals surface area contributed by atoms with Gasteiger partial charge in [-0.2, -0.15) is 9.97 Å². The fourth-order valence-electron chi connectivity index (χ4n) is 5.65. The van der Waals surface area contributed by atoms with Crippen LogP contribution in [0.25, 0.3) is 22.3 Å². The van der Waals surface area contributed by atoms with Crippen LogP contribution in [0.5, 0.6) is 0 Å². The normalized spacial score (nSPS) is 37.1. The Bertz CT molecular complexity index is 1900. The van der Waals surface area contributed by atoms with Gasteiger partial charge in [-0.05, 0) is 0 Å². The van der Waals surface area contributed by atoms with Crippen LogP contribution in [0.2, 0.25) is 0 Å². The molecule has 248 valence electrons. The second-order valence-electron chi connectivity index (χ2n) is 10.7. The van der Waals surface area contributed by atoms with Crippen LogP contribution < -0.4 is 38.9 Å². The van der Waals surface area contributed by atoms with Crippen LogP contribution in [0.15, 0.2) is 22.2 Å². The topological polar surface area (TPSA) is 367 Å². The lowest BCUT2D eigenvalue weighted by Gasteiger charge is -2.31. The molecule has 46 heavy (non-hydrogen) atoms. The van der Waals surface area contributed by atoms with Crippen molar-refractivity contribution in [1.82, 2.24) is 39.0 Å². The van der Waals surface area contributed by atoms with Gasteiger partial charge in [-0.15, -0.1) is 0 Å². The van der Waals surface area contributed by atoms with Crippen LogP contribution in [-0.2, 0) is 36.7 Å². The summed E-state index contributed by atoms with van der Waals surface area (Å²) in [6, 6.07) is -2.09. The van der Waals surface area contributed by atoms with Crippen molar-refractivity contribution in [3.05, 3.63) is 33.4 Å². The number of ether oxygens (including phenoxy) is 2. The zero-order valence-electron chi connectivity index (χ0n) is 23.3. The van der Waals surface area contributed by atoms with E-state index in [1.807, 2.05) is 0 Å². The minimum Gasteiger partial charge on any atom is -0.756 e. The van der Waals surface area contributed by atoms with Gasteiger partial charge in [0.2, 0.25) is 11.9 Å². The third-order valence-corrected chi connectivity index (χ3v) is 9.64. The molecule has 13 N–H and O–H groups in total. The van der Waals surface area contributed by atoms with Crippen LogP contribution in [0.3, 0.4) is 0 Å². The number of hydrogen-bond donors (Lipinski definition) is 7. The lowest BCUT2D eigenvalue weighted by molar-refractivity contribution is -0.446. The van der Waals surface area contributed by atoms with E-state index in [1.54, 1.807) is 0 Å². The van der Waals surface area contributed by atoms with Crippen molar-refractivity contribution >= 4 is 49.9 Å². The van der Waals surface area contributed by atoms with E-state index in [4.69, 9.17) is 39.0 Å². The molecule has 0 aliphatic carbocycles. The van der Waals surface area contributed by atoms with Gasteiger partial charge in [-0.1, -0.05) is 0 Å². The van der Waals surface area contributed by atoms with Gasteiger partial charge in [-0.25, -0.2) is 14.5 Å². The highest BCUT2D eigenvalue weighted by molar-refractivity contribution is 7.47. The summed E-state index contributed by atoms with van der Waals surface area (Å²) in [6.07, 6.45) is -5.33. The van der Waals surface area contributed by atoms with Crippen molar-refractivity contribution in [2.45, 2.75) is 49.0 Å². The molecule has 10 atom stereocenters. The zero-order chi connectivity index (χ0) is 32.7. The molecule has 3 fully saturated rings. The number of aromatic nitrogens is 8. The molecule has 3 aliphatic rings. The van der Waals surface area contributed by atoms with E-state index < -0.39 is 88.9 Å². The maximum absolute atomic E-state index is 13.2. The number of nitrogens with two attached hydrogens (primary N) is 2. The van der Waals surface area contributed by atoms with Crippen LogP contribution in [0, 0.1) is 0 Å². The van der Waals surface area contributed by atoms with Crippen molar-refractivity contribution < 1.29 is 58.0 Å². The molecule has 7 heterocycles. The van der Waals surface area contributed by atoms with Crippen molar-refractivity contribution in [1.29, 1.82) is 0 Å². The molecule has 4 aromatic heterocycles. The fraction of sp³-hybridized carbons (Fsp3) is 0.500. The molecule has 3 aliphatic heterocycles. The molecule has 7 rings (SSSR count). The first-order chi connectivity index (χ1) is 21.7. The zero-order valence-corrected chi connectivity index (χ0v) is 25.1. The number of hydrogen-bond acceptors (Lipinski definition) is 17. The quantitative estimate of drug-likeness (QED) is 0.0967. The lowest BCUT2D eigenvalue weighted by Crippen LogP contribution is -2.68. The van der Waals surface area contributed by atoms with E-state index in [2.05, 4.69) is 41.4 Å². The number of phosphoric acid groups is 2. The standard InChI is InChI=1S/C20H26N12O12P2/c21-7-11-5(41-17(7)31-3-25-9-13(31)27-19(23)29-15(9)33)1-39-45(35,36)44-12-6(2-40-46(37,38)43-11)42-18(8(12)22)32-4-26-10-14(32)28-20(24)30-16(10)34/h3-8,11-12,17-18H,1-2,21-22H2,(H,35,36)(H,37,38)(H3,23,27,29,33)(H3,24,28,30,34)/p+1/t5-,6-,7?,8?,11+,12+,17-,18-/m1/s1. The minimum atomic E-state index is -5.17. The van der Waals surface area contributed by atoms with E-state index in [9.17, 15) is 28.5 Å². The van der Waals surface area contributed by atoms with Crippen molar-refractivity contribution in [2.24, 2.45) is 0 Å². The van der Waals surface area contributed by atoms with Crippen LogP contribution in [0.4, 0.5) is 11.9 Å². The fourth-order valence-corrected chi connectivity index (χ4v) is 7.63. The van der Waals surface area contributed by atoms with Crippen molar-refractivity contribution in [3.8, 4) is 0 Å². The second-order valence-corrected chi connectivity index (χ2v) is 13.4. The van der Waals surface area contributed by atoms with Gasteiger partial charge in [0.15, 0.2) is 59.1 Å². The lowest BCUT2D eigenvalue weighted by atomic mass is 10.1. The van der Waals surface area contributed by atoms with Gasteiger partial charge in [0, 0.05) is 0 Å². The van der Waals surface area contributed by atoms with Gasteiger partial charge < -0.3 is 51.2 Å². The van der Waals surface area contributed by atoms with Gasteiger partial charge in [0.05, 0.1) is 25.9 Å². The molecule has 0 spiro atoms. The molecule has 0 amide bonds. The summed E-state index contributed by atoms with van der Waals surface area (Å²) in [5.41, 5.74) is 17.9. The number of H-pyrrole nitrogens is 2. The minimum absolute atomic E-state index is 0.00466. The van der Waals surface area contributed by atoms with Crippen LogP contribution in [-0.4, -0.2) is 93.6 Å². The van der Waals surface area contributed by atoms with Gasteiger partial charge in [0.1, 0.15) is 12.2 Å². The van der Waals surface area contributed by atoms with E-state index in [1.165, 1.54) is 21.8 Å². The largest absolute Gasteiger partial charge is 0.756 e. The van der Waals surface area contributed by atoms with Gasteiger partial charge in [0.25, 0.3) is 18.9 Å². The maximum Gasteiger partial charge on any atom is 0.472 e. The Morgan fingerprint density at radius 1 is 0.848 bits per heavy atom. The average Bonchev–Trinajstić information content (AvgIpc) is 3.72. The predicted molar refractivity (Wildman–Crippen MR) is 145 cm³/mol. The van der Waals surface area contributed by atoms with E-state index >= 15 is 0 Å². The molecule has 0 radical (unpaired) electrons. The number of quaternary nitrogens is 2. The Balaban J connectivity index is 1.18. The molecular weight excluding hydrogens is 662 g/mol. The first kappa shape index (κ1) is 31.0. The Labute approximate surface area is 254 Å². The molecule has 4 unspecified atom stereocenters. The monoisotopic (exact) mass is 689 g/mol. The van der Waals surface area contributed by atoms with E-state index in [0.29, 0.717) is 0 Å². The predicted octanol–water partition coefficient (Wildman–Crippen LogP) is -5.18. The molecule has 0 aromatic carbocycles. The Hall–Kier alpha value is -3.64. The molecule has 24 nitrogen and oxygen atoms in total. The average molecular weight is 689 g/mol. The smallest absolute Gasteiger partial charge is 0.472 e. The Morgan fingerprint density at radius 2 is 1.30 bits per heavy atom. The number of rotatable bonds is 2. The SMILES string of the molecule is Nc1nc2c(ncn2[C@@H]2O[C@@H]3COP(=O)(O)O[C@@H]4C([NH3+])[C@H](n5cnc6c(=O)[nH]c(N)nc65)O[C@@H]4COP(=O)([O-])O[C@@H]3C2[NH3+])c(=O)[nH]1. The highest BCUT2D eigenvalue weighted by Crippen LogP contribution is 2.51. The van der Waals surface area contributed by atoms with Gasteiger partial charge in [-0.3, -0.25) is 42.3 Å². The summed E-state index contributed by atoms with van der Waals surface area (Å²) in [5, 5.41) is 0. The molecule has 4 aromatic rings. The first-order valence-corrected chi connectivity index (χ1v) is 16.4. The van der Waals surface area contributed by atoms with E-state index in [0.717, 1.165) is 0 Å². The number of nitrogen functional groups attached to an aromatic ring is 2. The molecular formula is C20H27N12O12P2+. The maximum atomic E-state index is 13.2. The van der Waals surface area contributed by atoms with Crippen molar-refractivity contribution in [3.63, 3.8) is 0 Å². The highest BCUT2D eigenvalue weighted by atomic mass is 31.2. The summed E-state index contributed by atoms with van der Waals surface area (Å²) < 4.78 is 62.0. The molecule has 0 bridgehead atoms. The number of phosphoric ester groups is 2. The van der Waals surface area contributed by atoms with Gasteiger partial charge >= 0.3 is 7.82 Å². The second kappa shape index (κ2) is 11.0. The number of aromatic amines is 2. The number of nitrogens with one attached hydrogen (secondary N) is 2. The number of anilines is 2. The summed E-state index contributed by atoms with van der Waals surface area (Å²) in [5.74, 6) is -0.426. The summed E-state index contributed by atoms with van der Waals surface area (Å²) in [7, 11) is -10.1. The first-order valence-electron chi connectivity index (χ1n) is 13.4. The van der Waals surface area contributed by atoms with E-state index in [-0.39, 0.29) is 34.2 Å². The summed E-state index contributed by atoms with van der Waals surface area (Å²) in [6.45, 7) is -1.47. The molecule has 0 saturated carbocycles. The Kier molecular flexibility index (Phi) is 7.39. The molecule has 26 heteroatoms. The highest BCUT2D eigenvalue weighted by Gasteiger charge is 2.54. The van der Waals surface area contributed by atoms with Crippen LogP contribution >= 0.6 is 15.6 Å². The van der Waals surface area contributed by atoms with Crippen molar-refractivity contribution in [2.75, 3.05) is 24.7 Å². The third-order valence-electron chi connectivity index (χ3n) is 7.69.